The summed E-state index contributed by atoms with van der Waals surface area (Å²) in [7, 11) is 3.41. The first-order chi connectivity index (χ1) is 13.6. The third-order valence-corrected chi connectivity index (χ3v) is 4.56. The molecular weight excluding hydrogens is 488 g/mol. The Morgan fingerprint density at radius 1 is 1.21 bits per heavy atom. The van der Waals surface area contributed by atoms with Crippen molar-refractivity contribution < 1.29 is 13.9 Å². The number of guanidine groups is 1. The predicted molar refractivity (Wildman–Crippen MR) is 124 cm³/mol. The van der Waals surface area contributed by atoms with Crippen molar-refractivity contribution in [3.05, 3.63) is 35.6 Å². The smallest absolute Gasteiger partial charge is 0.243 e. The third kappa shape index (κ3) is 10.2. The highest BCUT2D eigenvalue weighted by atomic mass is 127. The van der Waals surface area contributed by atoms with Gasteiger partial charge in [-0.25, -0.2) is 9.38 Å². The Labute approximate surface area is 190 Å². The van der Waals surface area contributed by atoms with Crippen LogP contribution in [0.15, 0.2) is 29.3 Å². The highest BCUT2D eigenvalue weighted by molar-refractivity contribution is 14.0. The van der Waals surface area contributed by atoms with E-state index in [1.54, 1.807) is 26.2 Å². The molecule has 0 atom stereocenters. The van der Waals surface area contributed by atoms with Crippen LogP contribution >= 0.6 is 24.0 Å². The van der Waals surface area contributed by atoms with Crippen molar-refractivity contribution >= 4 is 35.8 Å². The predicted octanol–water partition coefficient (Wildman–Crippen LogP) is 1.33. The molecule has 9 heteroatoms. The fourth-order valence-electron chi connectivity index (χ4n) is 2.81. The van der Waals surface area contributed by atoms with Gasteiger partial charge in [-0.1, -0.05) is 18.2 Å². The lowest BCUT2D eigenvalue weighted by molar-refractivity contribution is -0.127. The van der Waals surface area contributed by atoms with Gasteiger partial charge < -0.3 is 20.3 Å². The molecule has 0 spiro atoms. The van der Waals surface area contributed by atoms with Crippen molar-refractivity contribution in [2.24, 2.45) is 4.99 Å². The minimum atomic E-state index is -0.205. The van der Waals surface area contributed by atoms with Crippen LogP contribution in [-0.2, 0) is 16.0 Å². The largest absolute Gasteiger partial charge is 0.379 e. The number of nitrogens with zero attached hydrogens (tertiary/aromatic N) is 3. The molecule has 0 saturated carbocycles. The number of ether oxygens (including phenoxy) is 1. The van der Waals surface area contributed by atoms with Gasteiger partial charge in [-0.15, -0.1) is 24.0 Å². The van der Waals surface area contributed by atoms with Crippen LogP contribution < -0.4 is 10.6 Å². The molecule has 1 heterocycles. The lowest BCUT2D eigenvalue weighted by Gasteiger charge is -2.26. The van der Waals surface area contributed by atoms with E-state index in [0.29, 0.717) is 24.5 Å². The molecule has 1 aliphatic heterocycles. The van der Waals surface area contributed by atoms with E-state index in [9.17, 15) is 9.18 Å². The number of carbonyl (C=O) groups excluding carboxylic acids is 1. The molecule has 1 saturated heterocycles. The van der Waals surface area contributed by atoms with Crippen LogP contribution in [0.3, 0.4) is 0 Å². The number of hydrogen-bond acceptors (Lipinski definition) is 4. The number of aliphatic imine (C=N–C) groups is 1. The van der Waals surface area contributed by atoms with Crippen molar-refractivity contribution in [2.45, 2.75) is 12.8 Å². The monoisotopic (exact) mass is 521 g/mol. The second-order valence-corrected chi connectivity index (χ2v) is 6.96. The second-order valence-electron chi connectivity index (χ2n) is 6.96. The van der Waals surface area contributed by atoms with Crippen LogP contribution in [0.4, 0.5) is 4.39 Å². The first kappa shape index (κ1) is 25.6. The van der Waals surface area contributed by atoms with Gasteiger partial charge in [0.05, 0.1) is 13.2 Å². The molecule has 1 aliphatic rings. The molecule has 2 N–H and O–H groups in total. The lowest BCUT2D eigenvalue weighted by atomic mass is 10.1. The van der Waals surface area contributed by atoms with Crippen molar-refractivity contribution in [3.63, 3.8) is 0 Å². The van der Waals surface area contributed by atoms with E-state index in [0.717, 1.165) is 45.8 Å². The fraction of sp³-hybridized carbons (Fsp3) is 0.600. The van der Waals surface area contributed by atoms with E-state index in [4.69, 9.17) is 4.74 Å². The van der Waals surface area contributed by atoms with E-state index in [1.165, 1.54) is 11.0 Å². The number of morpholine rings is 1. The Morgan fingerprint density at radius 2 is 1.90 bits per heavy atom. The first-order valence-electron chi connectivity index (χ1n) is 9.82. The van der Waals surface area contributed by atoms with Crippen LogP contribution in [0.5, 0.6) is 0 Å². The zero-order chi connectivity index (χ0) is 20.2. The van der Waals surface area contributed by atoms with E-state index >= 15 is 0 Å². The Bertz CT molecular complexity index is 639. The molecule has 164 valence electrons. The Hall–Kier alpha value is -1.46. The summed E-state index contributed by atoms with van der Waals surface area (Å²) >= 11 is 0. The molecule has 0 aliphatic carbocycles. The van der Waals surface area contributed by atoms with Crippen LogP contribution in [0.1, 0.15) is 12.0 Å². The summed E-state index contributed by atoms with van der Waals surface area (Å²) in [6, 6.07) is 6.75. The first-order valence-corrected chi connectivity index (χ1v) is 9.82. The minimum Gasteiger partial charge on any atom is -0.379 e. The second kappa shape index (κ2) is 14.5. The topological polar surface area (TPSA) is 69.2 Å². The summed E-state index contributed by atoms with van der Waals surface area (Å²) in [6.45, 7) is 5.89. The van der Waals surface area contributed by atoms with E-state index in [2.05, 4.69) is 20.5 Å². The van der Waals surface area contributed by atoms with E-state index in [-0.39, 0.29) is 42.2 Å². The number of nitrogens with one attached hydrogen (secondary N) is 2. The maximum atomic E-state index is 13.7. The van der Waals surface area contributed by atoms with E-state index in [1.807, 2.05) is 6.07 Å². The van der Waals surface area contributed by atoms with Crippen molar-refractivity contribution in [1.82, 2.24) is 20.4 Å². The average Bonchev–Trinajstić information content (AvgIpc) is 2.70. The summed E-state index contributed by atoms with van der Waals surface area (Å²) in [4.78, 5) is 20.1. The molecule has 1 fully saturated rings. The molecule has 1 amide bonds. The average molecular weight is 521 g/mol. The zero-order valence-corrected chi connectivity index (χ0v) is 19.7. The van der Waals surface area contributed by atoms with Crippen LogP contribution in [-0.4, -0.2) is 88.2 Å². The van der Waals surface area contributed by atoms with Crippen LogP contribution in [0, 0.1) is 5.82 Å². The molecule has 7 nitrogen and oxygen atoms in total. The third-order valence-electron chi connectivity index (χ3n) is 4.56. The summed E-state index contributed by atoms with van der Waals surface area (Å²) in [6.07, 6.45) is 1.51. The molecule has 0 bridgehead atoms. The number of hydrogen-bond donors (Lipinski definition) is 2. The molecule has 1 aromatic carbocycles. The zero-order valence-electron chi connectivity index (χ0n) is 17.3. The van der Waals surface area contributed by atoms with Gasteiger partial charge in [0, 0.05) is 40.3 Å². The quantitative estimate of drug-likeness (QED) is 0.222. The normalized spacial score (nSPS) is 14.8. The maximum Gasteiger partial charge on any atom is 0.243 e. The number of amides is 1. The van der Waals surface area contributed by atoms with Crippen LogP contribution in [0.25, 0.3) is 0 Å². The van der Waals surface area contributed by atoms with Crippen molar-refractivity contribution in [1.29, 1.82) is 0 Å². The maximum absolute atomic E-state index is 13.7. The van der Waals surface area contributed by atoms with Gasteiger partial charge in [0.25, 0.3) is 0 Å². The molecule has 0 aromatic heterocycles. The van der Waals surface area contributed by atoms with Gasteiger partial charge >= 0.3 is 0 Å². The molecule has 2 rings (SSSR count). The highest BCUT2D eigenvalue weighted by Crippen LogP contribution is 2.06. The Balaban J connectivity index is 0.00000420. The van der Waals surface area contributed by atoms with Gasteiger partial charge in [-0.05, 0) is 31.0 Å². The van der Waals surface area contributed by atoms with E-state index < -0.39 is 0 Å². The Kier molecular flexibility index (Phi) is 12.8. The molecule has 1 aromatic rings. The summed E-state index contributed by atoms with van der Waals surface area (Å²) < 4.78 is 19.1. The van der Waals surface area contributed by atoms with Gasteiger partial charge in [0.2, 0.25) is 5.91 Å². The molecule has 29 heavy (non-hydrogen) atoms. The number of halogens is 2. The SMILES string of the molecule is CN(C)C(=O)CN=C(NCCCN1CCOCC1)NCCc1ccccc1F.I. The summed E-state index contributed by atoms with van der Waals surface area (Å²) in [5.74, 6) is 0.307. The number of benzene rings is 1. The van der Waals surface area contributed by atoms with Gasteiger partial charge in [0.15, 0.2) is 5.96 Å². The molecule has 0 unspecified atom stereocenters. The lowest BCUT2D eigenvalue weighted by Crippen LogP contribution is -2.42. The number of rotatable bonds is 9. The van der Waals surface area contributed by atoms with Crippen LogP contribution in [0.2, 0.25) is 0 Å². The highest BCUT2D eigenvalue weighted by Gasteiger charge is 2.10. The molecule has 0 radical (unpaired) electrons. The van der Waals surface area contributed by atoms with Gasteiger partial charge in [0.1, 0.15) is 12.4 Å². The minimum absolute atomic E-state index is 0. The van der Waals surface area contributed by atoms with Crippen molar-refractivity contribution in [2.75, 3.05) is 66.6 Å². The summed E-state index contributed by atoms with van der Waals surface area (Å²) in [5.41, 5.74) is 0.658. The van der Waals surface area contributed by atoms with Crippen molar-refractivity contribution in [3.8, 4) is 0 Å². The van der Waals surface area contributed by atoms with Gasteiger partial charge in [-0.3, -0.25) is 9.69 Å². The molecular formula is C20H33FIN5O2. The summed E-state index contributed by atoms with van der Waals surface area (Å²) in [5, 5.41) is 6.47. The number of carbonyl (C=O) groups is 1. The fourth-order valence-corrected chi connectivity index (χ4v) is 2.81. The number of likely N-dealkylation sites (N-methyl/N-ethyl adjacent to an activating group) is 1. The van der Waals surface area contributed by atoms with Gasteiger partial charge in [-0.2, -0.15) is 0 Å². The Morgan fingerprint density at radius 3 is 2.59 bits per heavy atom. The standard InChI is InChI=1S/C20H32FN5O2.HI/c1-25(2)19(27)16-24-20(22-9-5-11-26-12-14-28-15-13-26)23-10-8-17-6-3-4-7-18(17)21;/h3-4,6-7H,5,8-16H2,1-2H3,(H2,22,23,24);1H.